The van der Waals surface area contributed by atoms with Crippen LogP contribution in [0.15, 0.2) is 46.1 Å². The number of pyridine rings is 1. The van der Waals surface area contributed by atoms with Gasteiger partial charge in [0.15, 0.2) is 11.5 Å². The average molecular weight is 336 g/mol. The second-order valence-electron chi connectivity index (χ2n) is 5.26. The van der Waals surface area contributed by atoms with Crippen molar-refractivity contribution in [3.63, 3.8) is 0 Å². The third-order valence-corrected chi connectivity index (χ3v) is 6.17. The Morgan fingerprint density at radius 1 is 1.18 bits per heavy atom. The van der Waals surface area contributed by atoms with E-state index in [2.05, 4.69) is 14.9 Å². The minimum Gasteiger partial charge on any atom is -0.285 e. The Balaban J connectivity index is 2.01. The molecular weight excluding hydrogens is 320 g/mol. The number of thiophene rings is 1. The first-order valence-corrected chi connectivity index (χ1v) is 9.21. The second-order valence-corrected chi connectivity index (χ2v) is 8.15. The summed E-state index contributed by atoms with van der Waals surface area (Å²) in [6.45, 7) is 3.90. The van der Waals surface area contributed by atoms with Crippen LogP contribution in [0.3, 0.4) is 0 Å². The highest BCUT2D eigenvalue weighted by Crippen LogP contribution is 2.25. The maximum Gasteiger partial charge on any atom is 0.250 e. The fourth-order valence-electron chi connectivity index (χ4n) is 2.20. The molecule has 0 aromatic carbocycles. The molecule has 6 nitrogen and oxygen atoms in total. The maximum absolute atomic E-state index is 12.5. The molecule has 0 unspecified atom stereocenters. The van der Waals surface area contributed by atoms with Gasteiger partial charge < -0.3 is 0 Å². The first kappa shape index (κ1) is 15.1. The third-order valence-electron chi connectivity index (χ3n) is 3.33. The smallest absolute Gasteiger partial charge is 0.250 e. The fraction of sp³-hybridized carbons (Fsp3) is 0.286. The van der Waals surface area contributed by atoms with Gasteiger partial charge in [-0.3, -0.25) is 4.40 Å². The van der Waals surface area contributed by atoms with E-state index in [1.54, 1.807) is 17.5 Å². The van der Waals surface area contributed by atoms with E-state index in [0.717, 1.165) is 0 Å². The highest BCUT2D eigenvalue weighted by molar-refractivity contribution is 7.91. The van der Waals surface area contributed by atoms with Crippen LogP contribution < -0.4 is 4.72 Å². The van der Waals surface area contributed by atoms with Gasteiger partial charge in [0.25, 0.3) is 10.0 Å². The molecule has 3 aromatic heterocycles. The van der Waals surface area contributed by atoms with Crippen molar-refractivity contribution >= 4 is 27.0 Å². The Morgan fingerprint density at radius 2 is 2.00 bits per heavy atom. The van der Waals surface area contributed by atoms with E-state index in [0.29, 0.717) is 15.7 Å². The summed E-state index contributed by atoms with van der Waals surface area (Å²) in [4.78, 5) is 0. The van der Waals surface area contributed by atoms with Gasteiger partial charge in [-0.2, -0.15) is 4.72 Å². The van der Waals surface area contributed by atoms with Crippen LogP contribution in [0.2, 0.25) is 0 Å². The molecular formula is C14H16N4O2S2. The van der Waals surface area contributed by atoms with Crippen LogP contribution in [-0.2, 0) is 10.0 Å². The molecule has 0 amide bonds. The number of aromatic nitrogens is 3. The predicted octanol–water partition coefficient (Wildman–Crippen LogP) is 2.47. The van der Waals surface area contributed by atoms with Gasteiger partial charge in [0.2, 0.25) is 0 Å². The normalized spacial score (nSPS) is 13.8. The van der Waals surface area contributed by atoms with Crippen LogP contribution in [0.1, 0.15) is 25.7 Å². The molecule has 0 saturated heterocycles. The van der Waals surface area contributed by atoms with Crippen molar-refractivity contribution in [3.05, 3.63) is 47.7 Å². The number of sulfonamides is 1. The van der Waals surface area contributed by atoms with E-state index >= 15 is 0 Å². The molecule has 0 spiro atoms. The van der Waals surface area contributed by atoms with Crippen molar-refractivity contribution in [2.45, 2.75) is 24.1 Å². The number of fused-ring (bicyclic) bond motifs is 1. The minimum absolute atomic E-state index is 0.0299. The van der Waals surface area contributed by atoms with Crippen molar-refractivity contribution in [2.24, 2.45) is 5.92 Å². The Labute approximate surface area is 132 Å². The van der Waals surface area contributed by atoms with E-state index in [9.17, 15) is 8.42 Å². The molecule has 8 heteroatoms. The van der Waals surface area contributed by atoms with Crippen LogP contribution in [0, 0.1) is 5.92 Å². The summed E-state index contributed by atoms with van der Waals surface area (Å²) in [5, 5.41) is 10.0. The molecule has 1 atom stereocenters. The van der Waals surface area contributed by atoms with E-state index in [-0.39, 0.29) is 5.92 Å². The topological polar surface area (TPSA) is 76.4 Å². The third kappa shape index (κ3) is 2.77. The summed E-state index contributed by atoms with van der Waals surface area (Å²) in [5.41, 5.74) is 0.693. The Kier molecular flexibility index (Phi) is 3.98. The molecule has 0 radical (unpaired) electrons. The van der Waals surface area contributed by atoms with Gasteiger partial charge in [0, 0.05) is 6.20 Å². The van der Waals surface area contributed by atoms with Gasteiger partial charge in [0.05, 0.1) is 6.04 Å². The Morgan fingerprint density at radius 3 is 2.68 bits per heavy atom. The summed E-state index contributed by atoms with van der Waals surface area (Å²) in [5.74, 6) is 0.619. The lowest BCUT2D eigenvalue weighted by molar-refractivity contribution is 0.441. The van der Waals surface area contributed by atoms with Crippen molar-refractivity contribution < 1.29 is 8.42 Å². The van der Waals surface area contributed by atoms with Crippen LogP contribution in [0.25, 0.3) is 5.65 Å². The maximum atomic E-state index is 12.5. The predicted molar refractivity (Wildman–Crippen MR) is 85.2 cm³/mol. The second kappa shape index (κ2) is 5.79. The van der Waals surface area contributed by atoms with Crippen LogP contribution in [-0.4, -0.2) is 23.0 Å². The summed E-state index contributed by atoms with van der Waals surface area (Å²) in [6, 6.07) is 8.42. The van der Waals surface area contributed by atoms with Crippen LogP contribution in [0.5, 0.6) is 0 Å². The lowest BCUT2D eigenvalue weighted by Gasteiger charge is -2.20. The molecule has 0 aliphatic rings. The van der Waals surface area contributed by atoms with Crippen molar-refractivity contribution in [3.8, 4) is 0 Å². The van der Waals surface area contributed by atoms with Gasteiger partial charge in [-0.05, 0) is 29.5 Å². The average Bonchev–Trinajstić information content (AvgIpc) is 3.14. The van der Waals surface area contributed by atoms with Gasteiger partial charge >= 0.3 is 0 Å². The van der Waals surface area contributed by atoms with Crippen LogP contribution in [0.4, 0.5) is 0 Å². The molecule has 0 fully saturated rings. The van der Waals surface area contributed by atoms with Crippen molar-refractivity contribution in [1.29, 1.82) is 0 Å². The molecule has 116 valence electrons. The zero-order valence-electron chi connectivity index (χ0n) is 12.2. The number of rotatable bonds is 5. The summed E-state index contributed by atoms with van der Waals surface area (Å²) >= 11 is 1.19. The quantitative estimate of drug-likeness (QED) is 0.776. The van der Waals surface area contributed by atoms with Gasteiger partial charge in [0.1, 0.15) is 4.21 Å². The summed E-state index contributed by atoms with van der Waals surface area (Å²) in [6.07, 6.45) is 1.83. The van der Waals surface area contributed by atoms with Crippen molar-refractivity contribution in [2.75, 3.05) is 0 Å². The molecule has 0 saturated carbocycles. The fourth-order valence-corrected chi connectivity index (χ4v) is 4.55. The zero-order chi connectivity index (χ0) is 15.7. The van der Waals surface area contributed by atoms with Crippen molar-refractivity contribution in [1.82, 2.24) is 19.3 Å². The minimum atomic E-state index is -3.57. The number of hydrogen-bond acceptors (Lipinski definition) is 5. The van der Waals surface area contributed by atoms with Gasteiger partial charge in [-0.15, -0.1) is 21.5 Å². The SMILES string of the molecule is CC(C)[C@H](NS(=O)(=O)c1cccs1)c1nnc2ccccn12. The van der Waals surface area contributed by atoms with E-state index < -0.39 is 16.1 Å². The summed E-state index contributed by atoms with van der Waals surface area (Å²) < 4.78 is 29.8. The molecule has 3 rings (SSSR count). The lowest BCUT2D eigenvalue weighted by atomic mass is 10.1. The highest BCUT2D eigenvalue weighted by Gasteiger charge is 2.28. The molecule has 1 N–H and O–H groups in total. The Bertz CT molecular complexity index is 869. The first-order chi connectivity index (χ1) is 10.5. The zero-order valence-corrected chi connectivity index (χ0v) is 13.8. The lowest BCUT2D eigenvalue weighted by Crippen LogP contribution is -2.32. The monoisotopic (exact) mass is 336 g/mol. The number of hydrogen-bond donors (Lipinski definition) is 1. The molecule has 0 aliphatic carbocycles. The number of nitrogens with one attached hydrogen (secondary N) is 1. The van der Waals surface area contributed by atoms with E-state index in [4.69, 9.17) is 0 Å². The molecule has 3 heterocycles. The molecule has 22 heavy (non-hydrogen) atoms. The standard InChI is InChI=1S/C14H16N4O2S2/c1-10(2)13(17-22(19,20)12-7-5-9-21-12)14-16-15-11-6-3-4-8-18(11)14/h3-10,13,17H,1-2H3/t13-/m0/s1. The highest BCUT2D eigenvalue weighted by atomic mass is 32.2. The largest absolute Gasteiger partial charge is 0.285 e. The molecule has 0 bridgehead atoms. The van der Waals surface area contributed by atoms with Gasteiger partial charge in [-0.25, -0.2) is 8.42 Å². The molecule has 3 aromatic rings. The molecule has 0 aliphatic heterocycles. The van der Waals surface area contributed by atoms with E-state index in [1.165, 1.54) is 11.3 Å². The van der Waals surface area contributed by atoms with Crippen LogP contribution >= 0.6 is 11.3 Å². The summed E-state index contributed by atoms with van der Waals surface area (Å²) in [7, 11) is -3.57. The first-order valence-electron chi connectivity index (χ1n) is 6.84. The number of nitrogens with zero attached hydrogens (tertiary/aromatic N) is 3. The van der Waals surface area contributed by atoms with Gasteiger partial charge in [-0.1, -0.05) is 26.0 Å². The Hall–Kier alpha value is -1.77. The van der Waals surface area contributed by atoms with E-state index in [1.807, 2.05) is 42.6 Å².